The molecule has 0 radical (unpaired) electrons. The molecule has 0 bridgehead atoms. The minimum absolute atomic E-state index is 0.0890. The maximum atomic E-state index is 11.5. The number of nitrogens with one attached hydrogen (secondary N) is 1. The second kappa shape index (κ2) is 6.49. The van der Waals surface area contributed by atoms with E-state index in [9.17, 15) is 4.79 Å². The number of nitrogens with two attached hydrogens (primary N) is 1. The van der Waals surface area contributed by atoms with E-state index in [1.54, 1.807) is 0 Å². The lowest BCUT2D eigenvalue weighted by Crippen LogP contribution is -2.35. The van der Waals surface area contributed by atoms with Gasteiger partial charge in [-0.1, -0.05) is 26.1 Å². The van der Waals surface area contributed by atoms with Crippen molar-refractivity contribution < 1.29 is 0 Å². The van der Waals surface area contributed by atoms with Crippen molar-refractivity contribution in [3.05, 3.63) is 22.2 Å². The fraction of sp³-hybridized carbons (Fsp3) is 0.583. The summed E-state index contributed by atoms with van der Waals surface area (Å²) >= 11 is 4.97. The smallest absolute Gasteiger partial charge is 0.252 e. The Bertz CT molecular complexity index is 471. The normalized spacial score (nSPS) is 12.2. The van der Waals surface area contributed by atoms with Gasteiger partial charge in [0, 0.05) is 31.5 Å². The van der Waals surface area contributed by atoms with Crippen LogP contribution < -0.4 is 16.2 Å². The first-order valence-electron chi connectivity index (χ1n) is 6.12. The van der Waals surface area contributed by atoms with Gasteiger partial charge in [0.1, 0.15) is 11.6 Å². The number of rotatable bonds is 6. The van der Waals surface area contributed by atoms with Crippen molar-refractivity contribution >= 4 is 23.0 Å². The van der Waals surface area contributed by atoms with Crippen LogP contribution in [0.5, 0.6) is 0 Å². The summed E-state index contributed by atoms with van der Waals surface area (Å²) in [5, 5.41) is 0. The van der Waals surface area contributed by atoms with Crippen LogP contribution in [0.4, 0.5) is 5.82 Å². The summed E-state index contributed by atoms with van der Waals surface area (Å²) in [6.07, 6.45) is 0.700. The Labute approximate surface area is 112 Å². The molecule has 1 heterocycles. The Balaban J connectivity index is 2.97. The molecule has 5 nitrogen and oxygen atoms in total. The summed E-state index contributed by atoms with van der Waals surface area (Å²) in [6.45, 7) is 7.37. The molecule has 18 heavy (non-hydrogen) atoms. The molecular formula is C12H20N4OS. The standard InChI is InChI=1S/C12H20N4OS/c1-4-9-14-10(6-11(17)15-9)16(5-2)7-8(3)12(13)18/h6,8H,4-5,7H2,1-3H3,(H2,13,18)(H,14,15,17). The summed E-state index contributed by atoms with van der Waals surface area (Å²) < 4.78 is 0. The number of thiocarbonyl (C=S) groups is 1. The second-order valence-electron chi connectivity index (χ2n) is 4.25. The molecule has 0 saturated carbocycles. The van der Waals surface area contributed by atoms with Gasteiger partial charge in [-0.25, -0.2) is 4.98 Å². The molecule has 6 heteroatoms. The molecule has 0 spiro atoms. The highest BCUT2D eigenvalue weighted by molar-refractivity contribution is 7.80. The molecule has 0 aliphatic carbocycles. The third-order valence-electron chi connectivity index (χ3n) is 2.80. The summed E-state index contributed by atoms with van der Waals surface area (Å²) in [5.41, 5.74) is 5.49. The molecule has 1 aromatic heterocycles. The van der Waals surface area contributed by atoms with Gasteiger partial charge in [-0.15, -0.1) is 0 Å². The highest BCUT2D eigenvalue weighted by Gasteiger charge is 2.13. The first kappa shape index (κ1) is 14.6. The van der Waals surface area contributed by atoms with E-state index in [-0.39, 0.29) is 11.5 Å². The topological polar surface area (TPSA) is 75.0 Å². The first-order chi connectivity index (χ1) is 8.47. The molecular weight excluding hydrogens is 248 g/mol. The Morgan fingerprint density at radius 1 is 1.61 bits per heavy atom. The molecule has 1 atom stereocenters. The zero-order chi connectivity index (χ0) is 13.7. The van der Waals surface area contributed by atoms with Crippen LogP contribution in [0.15, 0.2) is 10.9 Å². The average molecular weight is 268 g/mol. The molecule has 3 N–H and O–H groups in total. The van der Waals surface area contributed by atoms with Crippen molar-refractivity contribution in [2.75, 3.05) is 18.0 Å². The Hall–Kier alpha value is -1.43. The zero-order valence-corrected chi connectivity index (χ0v) is 11.9. The monoisotopic (exact) mass is 268 g/mol. The number of hydrogen-bond donors (Lipinski definition) is 2. The lowest BCUT2D eigenvalue weighted by molar-refractivity contribution is 0.694. The number of aromatic amines is 1. The maximum Gasteiger partial charge on any atom is 0.252 e. The SMILES string of the molecule is CCc1nc(N(CC)CC(C)C(N)=S)cc(=O)[nH]1. The lowest BCUT2D eigenvalue weighted by Gasteiger charge is -2.25. The second-order valence-corrected chi connectivity index (χ2v) is 4.72. The predicted molar refractivity (Wildman–Crippen MR) is 78.1 cm³/mol. The molecule has 0 fully saturated rings. The van der Waals surface area contributed by atoms with Crippen molar-refractivity contribution in [2.24, 2.45) is 11.7 Å². The molecule has 1 rings (SSSR count). The van der Waals surface area contributed by atoms with Gasteiger partial charge < -0.3 is 15.6 Å². The zero-order valence-electron chi connectivity index (χ0n) is 11.1. The molecule has 0 saturated heterocycles. The van der Waals surface area contributed by atoms with E-state index in [1.807, 2.05) is 25.7 Å². The molecule has 0 aliphatic rings. The Morgan fingerprint density at radius 2 is 2.28 bits per heavy atom. The fourth-order valence-electron chi connectivity index (χ4n) is 1.63. The van der Waals surface area contributed by atoms with Gasteiger partial charge in [0.15, 0.2) is 0 Å². The number of anilines is 1. The molecule has 1 aromatic rings. The number of nitrogens with zero attached hydrogens (tertiary/aromatic N) is 2. The van der Waals surface area contributed by atoms with Crippen molar-refractivity contribution in [3.8, 4) is 0 Å². The summed E-state index contributed by atoms with van der Waals surface area (Å²) in [4.78, 5) is 21.2. The van der Waals surface area contributed by atoms with E-state index in [4.69, 9.17) is 18.0 Å². The molecule has 0 aliphatic heterocycles. The lowest BCUT2D eigenvalue weighted by atomic mass is 10.1. The van der Waals surface area contributed by atoms with Crippen LogP contribution in [0, 0.1) is 5.92 Å². The largest absolute Gasteiger partial charge is 0.393 e. The van der Waals surface area contributed by atoms with Crippen molar-refractivity contribution in [1.29, 1.82) is 0 Å². The average Bonchev–Trinajstić information content (AvgIpc) is 2.34. The predicted octanol–water partition coefficient (Wildman–Crippen LogP) is 1.08. The third-order valence-corrected chi connectivity index (χ3v) is 3.20. The van der Waals surface area contributed by atoms with Crippen LogP contribution in [0.25, 0.3) is 0 Å². The Morgan fingerprint density at radius 3 is 2.78 bits per heavy atom. The van der Waals surface area contributed by atoms with Crippen molar-refractivity contribution in [3.63, 3.8) is 0 Å². The minimum Gasteiger partial charge on any atom is -0.393 e. The Kier molecular flexibility index (Phi) is 5.27. The number of aromatic nitrogens is 2. The quantitative estimate of drug-likeness (QED) is 0.755. The van der Waals surface area contributed by atoms with Crippen LogP contribution >= 0.6 is 12.2 Å². The van der Waals surface area contributed by atoms with Gasteiger partial charge in [-0.2, -0.15) is 0 Å². The van der Waals surface area contributed by atoms with Gasteiger partial charge in [-0.3, -0.25) is 4.79 Å². The fourth-order valence-corrected chi connectivity index (χ4v) is 1.70. The minimum atomic E-state index is -0.127. The number of H-pyrrole nitrogens is 1. The maximum absolute atomic E-state index is 11.5. The van der Waals surface area contributed by atoms with Crippen LogP contribution in [-0.4, -0.2) is 28.0 Å². The third kappa shape index (κ3) is 3.80. The van der Waals surface area contributed by atoms with Gasteiger partial charge in [0.05, 0.1) is 4.99 Å². The number of hydrogen-bond acceptors (Lipinski definition) is 4. The van der Waals surface area contributed by atoms with Gasteiger partial charge in [-0.05, 0) is 6.92 Å². The van der Waals surface area contributed by atoms with E-state index in [0.29, 0.717) is 29.6 Å². The molecule has 0 amide bonds. The molecule has 100 valence electrons. The van der Waals surface area contributed by atoms with E-state index in [1.165, 1.54) is 6.07 Å². The van der Waals surface area contributed by atoms with E-state index in [2.05, 4.69) is 9.97 Å². The van der Waals surface area contributed by atoms with E-state index >= 15 is 0 Å². The van der Waals surface area contributed by atoms with Crippen LogP contribution in [0.1, 0.15) is 26.6 Å². The highest BCUT2D eigenvalue weighted by atomic mass is 32.1. The van der Waals surface area contributed by atoms with Crippen LogP contribution in [-0.2, 0) is 6.42 Å². The van der Waals surface area contributed by atoms with E-state index < -0.39 is 0 Å². The first-order valence-corrected chi connectivity index (χ1v) is 6.53. The van der Waals surface area contributed by atoms with Gasteiger partial charge >= 0.3 is 0 Å². The van der Waals surface area contributed by atoms with Crippen molar-refractivity contribution in [2.45, 2.75) is 27.2 Å². The van der Waals surface area contributed by atoms with Crippen molar-refractivity contribution in [1.82, 2.24) is 9.97 Å². The van der Waals surface area contributed by atoms with Gasteiger partial charge in [0.2, 0.25) is 0 Å². The van der Waals surface area contributed by atoms with Crippen LogP contribution in [0.3, 0.4) is 0 Å². The summed E-state index contributed by atoms with van der Waals surface area (Å²) in [5.74, 6) is 1.46. The number of aryl methyl sites for hydroxylation is 1. The summed E-state index contributed by atoms with van der Waals surface area (Å²) in [6, 6.07) is 1.51. The highest BCUT2D eigenvalue weighted by Crippen LogP contribution is 2.11. The molecule has 0 aromatic carbocycles. The van der Waals surface area contributed by atoms with E-state index in [0.717, 1.165) is 6.54 Å². The summed E-state index contributed by atoms with van der Waals surface area (Å²) in [7, 11) is 0. The van der Waals surface area contributed by atoms with Gasteiger partial charge in [0.25, 0.3) is 5.56 Å². The van der Waals surface area contributed by atoms with Crippen LogP contribution in [0.2, 0.25) is 0 Å². The molecule has 1 unspecified atom stereocenters.